The summed E-state index contributed by atoms with van der Waals surface area (Å²) in [6.07, 6.45) is 0.878. The SMILES string of the molecule is CC(O)c1nn(CC(=O)Nc2ccn(C(C)C)n2)c(=O)c2ccc(Br)cc12. The molecule has 27 heavy (non-hydrogen) atoms. The van der Waals surface area contributed by atoms with Crippen LogP contribution in [0.5, 0.6) is 0 Å². The molecule has 0 saturated carbocycles. The van der Waals surface area contributed by atoms with E-state index in [1.807, 2.05) is 13.8 Å². The summed E-state index contributed by atoms with van der Waals surface area (Å²) >= 11 is 3.36. The molecule has 1 unspecified atom stereocenters. The predicted octanol–water partition coefficient (Wildman–Crippen LogP) is 2.63. The van der Waals surface area contributed by atoms with Gasteiger partial charge in [0.2, 0.25) is 5.91 Å². The lowest BCUT2D eigenvalue weighted by atomic mass is 10.1. The van der Waals surface area contributed by atoms with Crippen molar-refractivity contribution >= 4 is 38.4 Å². The number of aliphatic hydroxyl groups is 1. The fraction of sp³-hybridized carbons (Fsp3) is 0.333. The third kappa shape index (κ3) is 4.09. The van der Waals surface area contributed by atoms with Crippen molar-refractivity contribution in [3.8, 4) is 0 Å². The molecular weight excluding hydrogens is 414 g/mol. The highest BCUT2D eigenvalue weighted by molar-refractivity contribution is 9.10. The molecule has 1 aromatic carbocycles. The molecule has 1 atom stereocenters. The Balaban J connectivity index is 1.91. The number of benzene rings is 1. The number of rotatable bonds is 5. The number of carbonyl (C=O) groups excluding carboxylic acids is 1. The molecule has 0 radical (unpaired) electrons. The number of nitrogens with zero attached hydrogens (tertiary/aromatic N) is 4. The lowest BCUT2D eigenvalue weighted by Gasteiger charge is -2.13. The maximum atomic E-state index is 12.7. The average molecular weight is 434 g/mol. The van der Waals surface area contributed by atoms with E-state index in [-0.39, 0.29) is 12.6 Å². The van der Waals surface area contributed by atoms with Crippen LogP contribution in [-0.2, 0) is 11.3 Å². The molecule has 142 valence electrons. The summed E-state index contributed by atoms with van der Waals surface area (Å²) in [6.45, 7) is 5.25. The van der Waals surface area contributed by atoms with Gasteiger partial charge in [-0.15, -0.1) is 0 Å². The molecular formula is C18H20BrN5O3. The monoisotopic (exact) mass is 433 g/mol. The van der Waals surface area contributed by atoms with Crippen LogP contribution in [0.2, 0.25) is 0 Å². The zero-order valence-corrected chi connectivity index (χ0v) is 16.8. The quantitative estimate of drug-likeness (QED) is 0.643. The Morgan fingerprint density at radius 1 is 1.22 bits per heavy atom. The molecule has 2 N–H and O–H groups in total. The van der Waals surface area contributed by atoms with E-state index in [0.717, 1.165) is 9.15 Å². The van der Waals surface area contributed by atoms with Gasteiger partial charge >= 0.3 is 0 Å². The van der Waals surface area contributed by atoms with Gasteiger partial charge in [-0.25, -0.2) is 4.68 Å². The van der Waals surface area contributed by atoms with Crippen LogP contribution in [0.1, 0.15) is 38.6 Å². The standard InChI is InChI=1S/C18H20BrN5O3/c1-10(2)23-7-6-15(21-23)20-16(26)9-24-18(27)13-5-4-12(19)8-14(13)17(22-24)11(3)25/h4-8,10-11,25H,9H2,1-3H3,(H,20,21,26). The molecule has 8 nitrogen and oxygen atoms in total. The van der Waals surface area contributed by atoms with Crippen LogP contribution in [-0.4, -0.2) is 30.6 Å². The number of nitrogens with one attached hydrogen (secondary N) is 1. The average Bonchev–Trinajstić information content (AvgIpc) is 3.05. The fourth-order valence-electron chi connectivity index (χ4n) is 2.71. The van der Waals surface area contributed by atoms with E-state index in [2.05, 4.69) is 31.4 Å². The Morgan fingerprint density at radius 3 is 2.59 bits per heavy atom. The van der Waals surface area contributed by atoms with Crippen molar-refractivity contribution in [1.82, 2.24) is 19.6 Å². The third-order valence-corrected chi connectivity index (χ3v) is 4.54. The van der Waals surface area contributed by atoms with Crippen molar-refractivity contribution in [3.63, 3.8) is 0 Å². The van der Waals surface area contributed by atoms with E-state index in [4.69, 9.17) is 0 Å². The lowest BCUT2D eigenvalue weighted by molar-refractivity contribution is -0.117. The van der Waals surface area contributed by atoms with E-state index in [9.17, 15) is 14.7 Å². The van der Waals surface area contributed by atoms with Gasteiger partial charge in [0.15, 0.2) is 5.82 Å². The number of hydrogen-bond acceptors (Lipinski definition) is 5. The minimum atomic E-state index is -0.890. The van der Waals surface area contributed by atoms with E-state index in [1.54, 1.807) is 42.1 Å². The predicted molar refractivity (Wildman–Crippen MR) is 106 cm³/mol. The first-order valence-electron chi connectivity index (χ1n) is 8.49. The number of anilines is 1. The highest BCUT2D eigenvalue weighted by Gasteiger charge is 2.17. The van der Waals surface area contributed by atoms with E-state index >= 15 is 0 Å². The Bertz CT molecular complexity index is 1050. The van der Waals surface area contributed by atoms with Crippen molar-refractivity contribution in [2.24, 2.45) is 0 Å². The largest absolute Gasteiger partial charge is 0.387 e. The second-order valence-electron chi connectivity index (χ2n) is 6.54. The normalized spacial score (nSPS) is 12.5. The summed E-state index contributed by atoms with van der Waals surface area (Å²) < 4.78 is 3.56. The molecule has 2 heterocycles. The molecule has 0 bridgehead atoms. The van der Waals surface area contributed by atoms with E-state index in [0.29, 0.717) is 22.3 Å². The van der Waals surface area contributed by atoms with Gasteiger partial charge in [0.1, 0.15) is 6.54 Å². The number of carbonyl (C=O) groups is 1. The zero-order valence-electron chi connectivity index (χ0n) is 15.2. The van der Waals surface area contributed by atoms with Gasteiger partial charge in [-0.1, -0.05) is 15.9 Å². The molecule has 3 rings (SSSR count). The summed E-state index contributed by atoms with van der Waals surface area (Å²) in [5.74, 6) is -0.0196. The summed E-state index contributed by atoms with van der Waals surface area (Å²) in [5, 5.41) is 22.1. The molecule has 2 aromatic heterocycles. The van der Waals surface area contributed by atoms with Gasteiger partial charge in [0.05, 0.1) is 17.2 Å². The number of hydrogen-bond donors (Lipinski definition) is 2. The van der Waals surface area contributed by atoms with Crippen molar-refractivity contribution in [3.05, 3.63) is 51.0 Å². The first kappa shape index (κ1) is 19.2. The molecule has 3 aromatic rings. The Labute approximate surface area is 163 Å². The minimum absolute atomic E-state index is 0.174. The van der Waals surface area contributed by atoms with Gasteiger partial charge in [0.25, 0.3) is 5.56 Å². The van der Waals surface area contributed by atoms with Gasteiger partial charge in [0, 0.05) is 28.2 Å². The molecule has 1 amide bonds. The summed E-state index contributed by atoms with van der Waals surface area (Å²) in [4.78, 5) is 25.1. The molecule has 0 saturated heterocycles. The smallest absolute Gasteiger partial charge is 0.275 e. The van der Waals surface area contributed by atoms with Crippen molar-refractivity contribution in [2.45, 2.75) is 39.5 Å². The van der Waals surface area contributed by atoms with Crippen LogP contribution in [0.4, 0.5) is 5.82 Å². The first-order valence-corrected chi connectivity index (χ1v) is 9.29. The Kier molecular flexibility index (Phi) is 5.43. The Hall–Kier alpha value is -2.52. The van der Waals surface area contributed by atoms with Crippen LogP contribution >= 0.6 is 15.9 Å². The van der Waals surface area contributed by atoms with Gasteiger partial charge in [-0.05, 0) is 39.0 Å². The first-order chi connectivity index (χ1) is 12.8. The van der Waals surface area contributed by atoms with Gasteiger partial charge in [-0.3, -0.25) is 14.3 Å². The minimum Gasteiger partial charge on any atom is -0.387 e. The molecule has 0 aliphatic carbocycles. The van der Waals surface area contributed by atoms with Crippen LogP contribution in [0.25, 0.3) is 10.8 Å². The van der Waals surface area contributed by atoms with Crippen LogP contribution < -0.4 is 10.9 Å². The second kappa shape index (κ2) is 7.61. The molecule has 0 aliphatic heterocycles. The number of fused-ring (bicyclic) bond motifs is 1. The van der Waals surface area contributed by atoms with Crippen molar-refractivity contribution < 1.29 is 9.90 Å². The molecule has 0 spiro atoms. The van der Waals surface area contributed by atoms with E-state index in [1.165, 1.54) is 0 Å². The molecule has 0 aliphatic rings. The summed E-state index contributed by atoms with van der Waals surface area (Å²) in [7, 11) is 0. The zero-order chi connectivity index (χ0) is 19.7. The maximum absolute atomic E-state index is 12.7. The lowest BCUT2D eigenvalue weighted by Crippen LogP contribution is -2.31. The van der Waals surface area contributed by atoms with Gasteiger partial charge < -0.3 is 10.4 Å². The van der Waals surface area contributed by atoms with Crippen LogP contribution in [0.15, 0.2) is 39.7 Å². The summed E-state index contributed by atoms with van der Waals surface area (Å²) in [5.41, 5.74) is -0.0625. The third-order valence-electron chi connectivity index (χ3n) is 4.04. The van der Waals surface area contributed by atoms with E-state index < -0.39 is 17.6 Å². The Morgan fingerprint density at radius 2 is 1.96 bits per heavy atom. The highest BCUT2D eigenvalue weighted by Crippen LogP contribution is 2.23. The van der Waals surface area contributed by atoms with Crippen LogP contribution in [0, 0.1) is 0 Å². The fourth-order valence-corrected chi connectivity index (χ4v) is 3.07. The van der Waals surface area contributed by atoms with Crippen molar-refractivity contribution in [1.29, 1.82) is 0 Å². The van der Waals surface area contributed by atoms with Crippen molar-refractivity contribution in [2.75, 3.05) is 5.32 Å². The van der Waals surface area contributed by atoms with Crippen LogP contribution in [0.3, 0.4) is 0 Å². The van der Waals surface area contributed by atoms with Gasteiger partial charge in [-0.2, -0.15) is 10.2 Å². The molecule has 9 heteroatoms. The second-order valence-corrected chi connectivity index (χ2v) is 7.45. The molecule has 0 fully saturated rings. The topological polar surface area (TPSA) is 102 Å². The highest BCUT2D eigenvalue weighted by atomic mass is 79.9. The maximum Gasteiger partial charge on any atom is 0.275 e. The number of aromatic nitrogens is 4. The number of amides is 1. The number of halogens is 1. The summed E-state index contributed by atoms with van der Waals surface area (Å²) in [6, 6.07) is 6.97. The number of aliphatic hydroxyl groups excluding tert-OH is 1.